The number of carbonyl (C=O) groups is 1. The van der Waals surface area contributed by atoms with E-state index in [0.717, 1.165) is 31.5 Å². The van der Waals surface area contributed by atoms with Crippen molar-refractivity contribution < 1.29 is 13.2 Å². The molecule has 1 aliphatic rings. The second-order valence-electron chi connectivity index (χ2n) is 6.17. The molecule has 1 amide bonds. The summed E-state index contributed by atoms with van der Waals surface area (Å²) in [6, 6.07) is 6.56. The minimum atomic E-state index is -3.18. The molecule has 2 rings (SSSR count). The molecule has 0 saturated carbocycles. The van der Waals surface area contributed by atoms with Gasteiger partial charge in [0.1, 0.15) is 0 Å². The van der Waals surface area contributed by atoms with Gasteiger partial charge in [-0.1, -0.05) is 12.1 Å². The van der Waals surface area contributed by atoms with Gasteiger partial charge in [-0.3, -0.25) is 4.79 Å². The van der Waals surface area contributed by atoms with Crippen LogP contribution in [0.25, 0.3) is 0 Å². The van der Waals surface area contributed by atoms with Crippen molar-refractivity contribution in [1.82, 2.24) is 10.2 Å². The van der Waals surface area contributed by atoms with Crippen LogP contribution in [-0.4, -0.2) is 45.6 Å². The maximum Gasteiger partial charge on any atom is 0.224 e. The number of nitrogens with one attached hydrogen (secondary N) is 1. The lowest BCUT2D eigenvalue weighted by atomic mass is 9.97. The maximum absolute atomic E-state index is 12.3. The van der Waals surface area contributed by atoms with Gasteiger partial charge in [0.15, 0.2) is 9.84 Å². The lowest BCUT2D eigenvalue weighted by Crippen LogP contribution is -2.42. The molecular formula is C16H24N2O3S. The Hall–Kier alpha value is -1.40. The van der Waals surface area contributed by atoms with E-state index in [1.807, 2.05) is 14.0 Å². The summed E-state index contributed by atoms with van der Waals surface area (Å²) in [7, 11) is -1.15. The number of sulfone groups is 1. The van der Waals surface area contributed by atoms with Gasteiger partial charge in [-0.2, -0.15) is 0 Å². The molecule has 0 bridgehead atoms. The number of hydrogen-bond acceptors (Lipinski definition) is 4. The van der Waals surface area contributed by atoms with Gasteiger partial charge in [0.25, 0.3) is 0 Å². The molecule has 1 aromatic rings. The van der Waals surface area contributed by atoms with E-state index in [0.29, 0.717) is 4.90 Å². The second-order valence-corrected chi connectivity index (χ2v) is 8.19. The van der Waals surface area contributed by atoms with Crippen molar-refractivity contribution in [2.24, 2.45) is 5.92 Å². The first-order valence-corrected chi connectivity index (χ1v) is 9.45. The molecule has 1 saturated heterocycles. The third-order valence-electron chi connectivity index (χ3n) is 4.16. The summed E-state index contributed by atoms with van der Waals surface area (Å²) in [6.45, 7) is 3.76. The summed E-state index contributed by atoms with van der Waals surface area (Å²) in [5.41, 5.74) is 0.907. The summed E-state index contributed by atoms with van der Waals surface area (Å²) in [4.78, 5) is 14.8. The van der Waals surface area contributed by atoms with Crippen LogP contribution in [-0.2, 0) is 14.6 Å². The first-order chi connectivity index (χ1) is 10.3. The van der Waals surface area contributed by atoms with Gasteiger partial charge in [0.2, 0.25) is 5.91 Å². The highest BCUT2D eigenvalue weighted by Gasteiger charge is 2.25. The minimum absolute atomic E-state index is 0.0384. The average molecular weight is 324 g/mol. The van der Waals surface area contributed by atoms with Gasteiger partial charge in [0.05, 0.1) is 16.9 Å². The van der Waals surface area contributed by atoms with Crippen molar-refractivity contribution in [2.75, 3.05) is 26.4 Å². The van der Waals surface area contributed by atoms with Crippen LogP contribution in [0.2, 0.25) is 0 Å². The van der Waals surface area contributed by atoms with E-state index < -0.39 is 9.84 Å². The Balaban J connectivity index is 1.99. The van der Waals surface area contributed by atoms with Gasteiger partial charge < -0.3 is 10.2 Å². The van der Waals surface area contributed by atoms with Gasteiger partial charge in [0, 0.05) is 12.8 Å². The van der Waals surface area contributed by atoms with Crippen LogP contribution in [0.4, 0.5) is 0 Å². The van der Waals surface area contributed by atoms with Crippen LogP contribution in [0.15, 0.2) is 29.2 Å². The van der Waals surface area contributed by atoms with Crippen LogP contribution in [0.1, 0.15) is 31.4 Å². The lowest BCUT2D eigenvalue weighted by Gasteiger charge is -2.29. The number of nitrogens with zero attached hydrogens (tertiary/aromatic N) is 1. The van der Waals surface area contributed by atoms with Crippen molar-refractivity contribution in [3.8, 4) is 0 Å². The predicted molar refractivity (Wildman–Crippen MR) is 86.3 cm³/mol. The van der Waals surface area contributed by atoms with Gasteiger partial charge in [-0.05, 0) is 51.1 Å². The Bertz CT molecular complexity index is 625. The fourth-order valence-corrected chi connectivity index (χ4v) is 3.43. The van der Waals surface area contributed by atoms with Gasteiger partial charge in [-0.15, -0.1) is 0 Å². The zero-order valence-electron chi connectivity index (χ0n) is 13.4. The zero-order chi connectivity index (χ0) is 16.3. The summed E-state index contributed by atoms with van der Waals surface area (Å²) in [5, 5.41) is 3.03. The normalized spacial score (nSPS) is 21.3. The molecule has 0 aromatic heterocycles. The molecular weight excluding hydrogens is 300 g/mol. The zero-order valence-corrected chi connectivity index (χ0v) is 14.2. The maximum atomic E-state index is 12.3. The number of piperidine rings is 1. The highest BCUT2D eigenvalue weighted by Crippen LogP contribution is 2.19. The van der Waals surface area contributed by atoms with E-state index in [-0.39, 0.29) is 17.9 Å². The molecule has 0 spiro atoms. The van der Waals surface area contributed by atoms with Crippen molar-refractivity contribution in [1.29, 1.82) is 0 Å². The van der Waals surface area contributed by atoms with Crippen LogP contribution >= 0.6 is 0 Å². The average Bonchev–Trinajstić information content (AvgIpc) is 2.46. The fourth-order valence-electron chi connectivity index (χ4n) is 2.80. The molecule has 122 valence electrons. The summed E-state index contributed by atoms with van der Waals surface area (Å²) in [5.74, 6) is 0.114. The number of hydrogen-bond donors (Lipinski definition) is 1. The summed E-state index contributed by atoms with van der Waals surface area (Å²) >= 11 is 0. The van der Waals surface area contributed by atoms with Gasteiger partial charge in [-0.25, -0.2) is 8.42 Å². The van der Waals surface area contributed by atoms with Gasteiger partial charge >= 0.3 is 0 Å². The highest BCUT2D eigenvalue weighted by molar-refractivity contribution is 7.90. The molecule has 22 heavy (non-hydrogen) atoms. The fraction of sp³-hybridized carbons (Fsp3) is 0.562. The number of benzene rings is 1. The van der Waals surface area contributed by atoms with E-state index in [4.69, 9.17) is 0 Å². The smallest absolute Gasteiger partial charge is 0.224 e. The predicted octanol–water partition coefficient (Wildman–Crippen LogP) is 1.61. The van der Waals surface area contributed by atoms with Crippen LogP contribution in [0, 0.1) is 5.92 Å². The lowest BCUT2D eigenvalue weighted by molar-refractivity contribution is -0.127. The molecule has 1 aromatic carbocycles. The molecule has 0 unspecified atom stereocenters. The molecule has 1 fully saturated rings. The van der Waals surface area contributed by atoms with Crippen molar-refractivity contribution >= 4 is 15.7 Å². The molecule has 1 N–H and O–H groups in total. The molecule has 1 aliphatic heterocycles. The highest BCUT2D eigenvalue weighted by atomic mass is 32.2. The topological polar surface area (TPSA) is 66.5 Å². The number of likely N-dealkylation sites (tertiary alicyclic amines) is 1. The quantitative estimate of drug-likeness (QED) is 0.914. The van der Waals surface area contributed by atoms with Crippen LogP contribution in [0.3, 0.4) is 0 Å². The standard InChI is InChI=1S/C16H24N2O3S/c1-12(13-6-8-15(9-7-13)22(3,20)21)17-16(19)14-5-4-10-18(2)11-14/h6-9,12,14H,4-5,10-11H2,1-3H3,(H,17,19)/t12-,14+/m1/s1. The minimum Gasteiger partial charge on any atom is -0.349 e. The molecule has 0 radical (unpaired) electrons. The number of rotatable bonds is 4. The van der Waals surface area contributed by atoms with Crippen molar-refractivity contribution in [3.63, 3.8) is 0 Å². The van der Waals surface area contributed by atoms with E-state index in [9.17, 15) is 13.2 Å². The van der Waals surface area contributed by atoms with E-state index >= 15 is 0 Å². The van der Waals surface area contributed by atoms with E-state index in [1.165, 1.54) is 6.26 Å². The molecule has 2 atom stereocenters. The molecule has 0 aliphatic carbocycles. The second kappa shape index (κ2) is 6.79. The van der Waals surface area contributed by atoms with E-state index in [2.05, 4.69) is 10.2 Å². The summed E-state index contributed by atoms with van der Waals surface area (Å²) < 4.78 is 22.9. The molecule has 6 heteroatoms. The third kappa shape index (κ3) is 4.30. The Morgan fingerprint density at radius 2 is 1.95 bits per heavy atom. The summed E-state index contributed by atoms with van der Waals surface area (Å²) in [6.07, 6.45) is 3.16. The van der Waals surface area contributed by atoms with Crippen molar-refractivity contribution in [3.05, 3.63) is 29.8 Å². The van der Waals surface area contributed by atoms with Crippen LogP contribution in [0.5, 0.6) is 0 Å². The Labute approximate surface area is 132 Å². The first kappa shape index (κ1) is 17.0. The van der Waals surface area contributed by atoms with Crippen LogP contribution < -0.4 is 5.32 Å². The molecule has 1 heterocycles. The number of carbonyl (C=O) groups excluding carboxylic acids is 1. The Morgan fingerprint density at radius 1 is 1.32 bits per heavy atom. The largest absolute Gasteiger partial charge is 0.349 e. The Kier molecular flexibility index (Phi) is 5.24. The van der Waals surface area contributed by atoms with E-state index in [1.54, 1.807) is 24.3 Å². The van der Waals surface area contributed by atoms with Crippen molar-refractivity contribution in [2.45, 2.75) is 30.7 Å². The third-order valence-corrected chi connectivity index (χ3v) is 5.29. The Morgan fingerprint density at radius 3 is 2.50 bits per heavy atom. The molecule has 5 nitrogen and oxygen atoms in total. The number of amides is 1. The SMILES string of the molecule is C[C@@H](NC(=O)[C@H]1CCCN(C)C1)c1ccc(S(C)(=O)=O)cc1. The monoisotopic (exact) mass is 324 g/mol. The first-order valence-electron chi connectivity index (χ1n) is 7.56.